The zero-order valence-corrected chi connectivity index (χ0v) is 10.2. The SMILES string of the molecule is COc1cc(OC)cc(C(=O)CNC2CC2)c1. The molecule has 0 atom stereocenters. The predicted octanol–water partition coefficient (Wildman–Crippen LogP) is 1.64. The van der Waals surface area contributed by atoms with Gasteiger partial charge in [0.25, 0.3) is 0 Å². The number of ether oxygens (including phenoxy) is 2. The van der Waals surface area contributed by atoms with E-state index in [0.29, 0.717) is 29.6 Å². The van der Waals surface area contributed by atoms with Gasteiger partial charge >= 0.3 is 0 Å². The van der Waals surface area contributed by atoms with Gasteiger partial charge in [0.1, 0.15) is 11.5 Å². The Balaban J connectivity index is 2.08. The highest BCUT2D eigenvalue weighted by atomic mass is 16.5. The minimum atomic E-state index is 0.0640. The second kappa shape index (κ2) is 5.19. The summed E-state index contributed by atoms with van der Waals surface area (Å²) in [7, 11) is 3.15. The summed E-state index contributed by atoms with van der Waals surface area (Å²) in [6, 6.07) is 5.76. The Morgan fingerprint density at radius 1 is 1.24 bits per heavy atom. The van der Waals surface area contributed by atoms with Gasteiger partial charge < -0.3 is 14.8 Å². The Morgan fingerprint density at radius 3 is 2.29 bits per heavy atom. The van der Waals surface area contributed by atoms with Gasteiger partial charge in [-0.3, -0.25) is 4.79 Å². The number of nitrogens with one attached hydrogen (secondary N) is 1. The molecule has 0 aromatic heterocycles. The number of rotatable bonds is 6. The molecule has 4 nitrogen and oxygen atoms in total. The fourth-order valence-corrected chi connectivity index (χ4v) is 1.59. The molecule has 0 spiro atoms. The quantitative estimate of drug-likeness (QED) is 0.761. The number of carbonyl (C=O) groups is 1. The van der Waals surface area contributed by atoms with Crippen molar-refractivity contribution in [2.24, 2.45) is 0 Å². The maximum Gasteiger partial charge on any atom is 0.176 e. The molecular formula is C13H17NO3. The summed E-state index contributed by atoms with van der Waals surface area (Å²) < 4.78 is 10.3. The number of methoxy groups -OCH3 is 2. The molecule has 17 heavy (non-hydrogen) atoms. The second-order valence-corrected chi connectivity index (χ2v) is 4.18. The van der Waals surface area contributed by atoms with E-state index in [-0.39, 0.29) is 5.78 Å². The van der Waals surface area contributed by atoms with Crippen LogP contribution in [0.15, 0.2) is 18.2 Å². The van der Waals surface area contributed by atoms with E-state index in [4.69, 9.17) is 9.47 Å². The molecule has 4 heteroatoms. The summed E-state index contributed by atoms with van der Waals surface area (Å²) in [5.74, 6) is 1.34. The Hall–Kier alpha value is -1.55. The van der Waals surface area contributed by atoms with Gasteiger partial charge in [-0.2, -0.15) is 0 Å². The lowest BCUT2D eigenvalue weighted by molar-refractivity contribution is 0.0990. The molecule has 0 saturated heterocycles. The minimum absolute atomic E-state index is 0.0640. The molecule has 1 aromatic carbocycles. The molecule has 1 aliphatic rings. The highest BCUT2D eigenvalue weighted by Crippen LogP contribution is 2.23. The van der Waals surface area contributed by atoms with E-state index >= 15 is 0 Å². The molecule has 0 heterocycles. The zero-order valence-electron chi connectivity index (χ0n) is 10.2. The smallest absolute Gasteiger partial charge is 0.176 e. The molecule has 0 unspecified atom stereocenters. The number of ketones is 1. The van der Waals surface area contributed by atoms with Crippen LogP contribution in [0.2, 0.25) is 0 Å². The third kappa shape index (κ3) is 3.20. The first-order valence-corrected chi connectivity index (χ1v) is 5.72. The Labute approximate surface area is 101 Å². The molecule has 1 saturated carbocycles. The first-order valence-electron chi connectivity index (χ1n) is 5.72. The molecule has 0 radical (unpaired) electrons. The van der Waals surface area contributed by atoms with Crippen molar-refractivity contribution < 1.29 is 14.3 Å². The van der Waals surface area contributed by atoms with Gasteiger partial charge in [-0.25, -0.2) is 0 Å². The molecular weight excluding hydrogens is 218 g/mol. The number of hydrogen-bond donors (Lipinski definition) is 1. The van der Waals surface area contributed by atoms with Gasteiger partial charge in [0.05, 0.1) is 20.8 Å². The lowest BCUT2D eigenvalue weighted by atomic mass is 10.1. The van der Waals surface area contributed by atoms with Crippen LogP contribution in [0.5, 0.6) is 11.5 Å². The second-order valence-electron chi connectivity index (χ2n) is 4.18. The van der Waals surface area contributed by atoms with Crippen molar-refractivity contribution in [2.45, 2.75) is 18.9 Å². The third-order valence-electron chi connectivity index (χ3n) is 2.80. The van der Waals surface area contributed by atoms with E-state index < -0.39 is 0 Å². The van der Waals surface area contributed by atoms with Crippen LogP contribution in [0.1, 0.15) is 23.2 Å². The van der Waals surface area contributed by atoms with Gasteiger partial charge in [0, 0.05) is 17.7 Å². The molecule has 1 fully saturated rings. The first-order chi connectivity index (χ1) is 8.22. The average Bonchev–Trinajstić information content (AvgIpc) is 3.19. The van der Waals surface area contributed by atoms with Crippen LogP contribution in [-0.4, -0.2) is 32.6 Å². The van der Waals surface area contributed by atoms with Gasteiger partial charge in [-0.05, 0) is 25.0 Å². The van der Waals surface area contributed by atoms with E-state index in [0.717, 1.165) is 0 Å². The van der Waals surface area contributed by atoms with E-state index in [1.165, 1.54) is 12.8 Å². The average molecular weight is 235 g/mol. The van der Waals surface area contributed by atoms with Crippen LogP contribution in [0.3, 0.4) is 0 Å². The van der Waals surface area contributed by atoms with Crippen LogP contribution < -0.4 is 14.8 Å². The molecule has 1 aromatic rings. The van der Waals surface area contributed by atoms with E-state index in [2.05, 4.69) is 5.32 Å². The molecule has 2 rings (SSSR count). The Morgan fingerprint density at radius 2 is 1.82 bits per heavy atom. The van der Waals surface area contributed by atoms with Gasteiger partial charge in [-0.1, -0.05) is 0 Å². The predicted molar refractivity (Wildman–Crippen MR) is 64.9 cm³/mol. The van der Waals surface area contributed by atoms with E-state index in [1.54, 1.807) is 32.4 Å². The van der Waals surface area contributed by atoms with Crippen molar-refractivity contribution in [3.05, 3.63) is 23.8 Å². The zero-order chi connectivity index (χ0) is 12.3. The largest absolute Gasteiger partial charge is 0.497 e. The Kier molecular flexibility index (Phi) is 3.64. The van der Waals surface area contributed by atoms with E-state index in [1.807, 2.05) is 0 Å². The van der Waals surface area contributed by atoms with Crippen LogP contribution in [0.25, 0.3) is 0 Å². The highest BCUT2D eigenvalue weighted by molar-refractivity contribution is 5.98. The van der Waals surface area contributed by atoms with Crippen molar-refractivity contribution in [3.63, 3.8) is 0 Å². The molecule has 1 aliphatic carbocycles. The molecule has 0 amide bonds. The van der Waals surface area contributed by atoms with Gasteiger partial charge in [0.15, 0.2) is 5.78 Å². The standard InChI is InChI=1S/C13H17NO3/c1-16-11-5-9(6-12(7-11)17-2)13(15)8-14-10-3-4-10/h5-7,10,14H,3-4,8H2,1-2H3. The number of carbonyl (C=O) groups excluding carboxylic acids is 1. The fourth-order valence-electron chi connectivity index (χ4n) is 1.59. The summed E-state index contributed by atoms with van der Waals surface area (Å²) in [6.07, 6.45) is 2.35. The summed E-state index contributed by atoms with van der Waals surface area (Å²) in [5, 5.41) is 3.20. The molecule has 0 bridgehead atoms. The lowest BCUT2D eigenvalue weighted by Crippen LogP contribution is -2.24. The molecule has 1 N–H and O–H groups in total. The number of Topliss-reactive ketones (excluding diaryl/α,β-unsaturated/α-hetero) is 1. The molecule has 0 aliphatic heterocycles. The minimum Gasteiger partial charge on any atom is -0.497 e. The Bertz CT molecular complexity index is 391. The van der Waals surface area contributed by atoms with Crippen molar-refractivity contribution in [1.82, 2.24) is 5.32 Å². The topological polar surface area (TPSA) is 47.6 Å². The summed E-state index contributed by atoms with van der Waals surface area (Å²) in [5.41, 5.74) is 0.620. The number of hydrogen-bond acceptors (Lipinski definition) is 4. The van der Waals surface area contributed by atoms with Crippen molar-refractivity contribution in [2.75, 3.05) is 20.8 Å². The summed E-state index contributed by atoms with van der Waals surface area (Å²) >= 11 is 0. The number of benzene rings is 1. The van der Waals surface area contributed by atoms with Crippen LogP contribution in [0.4, 0.5) is 0 Å². The van der Waals surface area contributed by atoms with Crippen molar-refractivity contribution in [1.29, 1.82) is 0 Å². The fraction of sp³-hybridized carbons (Fsp3) is 0.462. The lowest BCUT2D eigenvalue weighted by Gasteiger charge is -2.08. The summed E-state index contributed by atoms with van der Waals surface area (Å²) in [4.78, 5) is 11.9. The molecule has 92 valence electrons. The van der Waals surface area contributed by atoms with Crippen LogP contribution >= 0.6 is 0 Å². The van der Waals surface area contributed by atoms with Crippen molar-refractivity contribution in [3.8, 4) is 11.5 Å². The first kappa shape index (κ1) is 11.9. The maximum absolute atomic E-state index is 11.9. The summed E-state index contributed by atoms with van der Waals surface area (Å²) in [6.45, 7) is 0.376. The van der Waals surface area contributed by atoms with Gasteiger partial charge in [-0.15, -0.1) is 0 Å². The van der Waals surface area contributed by atoms with E-state index in [9.17, 15) is 4.79 Å². The van der Waals surface area contributed by atoms with Crippen LogP contribution in [0, 0.1) is 0 Å². The normalized spacial score (nSPS) is 14.5. The highest BCUT2D eigenvalue weighted by Gasteiger charge is 2.21. The monoisotopic (exact) mass is 235 g/mol. The maximum atomic E-state index is 11.9. The van der Waals surface area contributed by atoms with Gasteiger partial charge in [0.2, 0.25) is 0 Å². The van der Waals surface area contributed by atoms with Crippen molar-refractivity contribution >= 4 is 5.78 Å². The third-order valence-corrected chi connectivity index (χ3v) is 2.80. The van der Waals surface area contributed by atoms with Crippen LogP contribution in [-0.2, 0) is 0 Å².